The lowest BCUT2D eigenvalue weighted by Gasteiger charge is -1.98. The van der Waals surface area contributed by atoms with Gasteiger partial charge in [-0.05, 0) is 29.3 Å². The highest BCUT2D eigenvalue weighted by Crippen LogP contribution is 2.46. The molecule has 3 nitrogen and oxygen atoms in total. The minimum absolute atomic E-state index is 0.0625. The zero-order valence-electron chi connectivity index (χ0n) is 5.09. The third kappa shape index (κ3) is 8.44. The normalized spacial score (nSPS) is 16.3. The molecule has 0 aliphatic rings. The minimum atomic E-state index is -3.46. The van der Waals surface area contributed by atoms with Crippen LogP contribution in [0.1, 0.15) is 12.8 Å². The van der Waals surface area contributed by atoms with Gasteiger partial charge in [-0.2, -0.15) is 0 Å². The second-order valence-corrected chi connectivity index (χ2v) is 5.48. The molecule has 0 saturated carbocycles. The molecular formula is C4H7Cl2O3P. The summed E-state index contributed by atoms with van der Waals surface area (Å²) in [5.41, 5.74) is 0. The molecule has 0 radical (unpaired) electrons. The lowest BCUT2D eigenvalue weighted by Crippen LogP contribution is -1.89. The minimum Gasteiger partial charge on any atom is -0.333 e. The number of hydrogen-bond donors (Lipinski definition) is 1. The van der Waals surface area contributed by atoms with Crippen LogP contribution >= 0.6 is 29.6 Å². The fraction of sp³-hybridized carbons (Fsp3) is 0.750. The molecule has 1 atom stereocenters. The Kier molecular flexibility index (Phi) is 4.54. The molecule has 0 aromatic heterocycles. The van der Waals surface area contributed by atoms with Crippen molar-refractivity contribution < 1.29 is 14.3 Å². The van der Waals surface area contributed by atoms with Gasteiger partial charge in [0.1, 0.15) is 0 Å². The Morgan fingerprint density at radius 2 is 2.10 bits per heavy atom. The second kappa shape index (κ2) is 4.35. The number of rotatable bonds is 4. The Hall–Kier alpha value is 0.440. The van der Waals surface area contributed by atoms with Crippen molar-refractivity contribution in [3.05, 3.63) is 0 Å². The summed E-state index contributed by atoms with van der Waals surface area (Å²) < 4.78 is 10.4. The summed E-state index contributed by atoms with van der Waals surface area (Å²) in [6.07, 6.45) is 0.297. The maximum atomic E-state index is 10.4. The van der Waals surface area contributed by atoms with E-state index in [9.17, 15) is 9.36 Å². The van der Waals surface area contributed by atoms with E-state index in [0.29, 0.717) is 0 Å². The van der Waals surface area contributed by atoms with E-state index >= 15 is 0 Å². The third-order valence-corrected chi connectivity index (χ3v) is 2.37. The summed E-state index contributed by atoms with van der Waals surface area (Å²) in [5.74, 6) is 0. The molecule has 1 unspecified atom stereocenters. The van der Waals surface area contributed by atoms with Gasteiger partial charge in [-0.1, -0.05) is 0 Å². The summed E-state index contributed by atoms with van der Waals surface area (Å²) in [7, 11) is 0. The van der Waals surface area contributed by atoms with Gasteiger partial charge in [0.05, 0.1) is 0 Å². The highest BCUT2D eigenvalue weighted by Gasteiger charge is 2.12. The summed E-state index contributed by atoms with van der Waals surface area (Å²) >= 11 is 9.93. The van der Waals surface area contributed by atoms with Gasteiger partial charge in [0.25, 0.3) is 6.72 Å². The molecule has 0 aliphatic heterocycles. The molecule has 0 bridgehead atoms. The smallest absolute Gasteiger partial charge is 0.287 e. The molecule has 0 amide bonds. The molecule has 0 saturated heterocycles. The van der Waals surface area contributed by atoms with Gasteiger partial charge in [0.15, 0.2) is 0 Å². The van der Waals surface area contributed by atoms with Crippen LogP contribution in [0.25, 0.3) is 0 Å². The van der Waals surface area contributed by atoms with Crippen LogP contribution in [-0.2, 0) is 9.36 Å². The second-order valence-electron chi connectivity index (χ2n) is 1.80. The zero-order valence-corrected chi connectivity index (χ0v) is 7.49. The summed E-state index contributed by atoms with van der Waals surface area (Å²) in [6, 6.07) is 0. The van der Waals surface area contributed by atoms with Gasteiger partial charge >= 0.3 is 0 Å². The molecule has 0 heterocycles. The third-order valence-electron chi connectivity index (χ3n) is 0.807. The van der Waals surface area contributed by atoms with Gasteiger partial charge in [-0.25, -0.2) is 0 Å². The van der Waals surface area contributed by atoms with Crippen LogP contribution in [-0.4, -0.2) is 16.3 Å². The fourth-order valence-electron chi connectivity index (χ4n) is 0.413. The maximum absolute atomic E-state index is 10.4. The van der Waals surface area contributed by atoms with Crippen LogP contribution in [0.4, 0.5) is 0 Å². The topological polar surface area (TPSA) is 54.4 Å². The molecule has 1 N–H and O–H groups in total. The number of hydrogen-bond acceptors (Lipinski definition) is 2. The number of carbonyl (C=O) groups is 1. The molecule has 0 rings (SSSR count). The van der Waals surface area contributed by atoms with Crippen LogP contribution in [0.3, 0.4) is 0 Å². The summed E-state index contributed by atoms with van der Waals surface area (Å²) in [5, 5.41) is -0.509. The van der Waals surface area contributed by atoms with Crippen LogP contribution in [0.2, 0.25) is 0 Å². The largest absolute Gasteiger partial charge is 0.333 e. The quantitative estimate of drug-likeness (QED) is 0.563. The van der Waals surface area contributed by atoms with Crippen molar-refractivity contribution in [3.63, 3.8) is 0 Å². The van der Waals surface area contributed by atoms with Crippen LogP contribution < -0.4 is 0 Å². The maximum Gasteiger partial charge on any atom is 0.287 e. The first-order valence-electron chi connectivity index (χ1n) is 2.61. The molecule has 0 aromatic rings. The monoisotopic (exact) mass is 204 g/mol. The lowest BCUT2D eigenvalue weighted by molar-refractivity contribution is -0.111. The van der Waals surface area contributed by atoms with E-state index in [0.717, 1.165) is 0 Å². The van der Waals surface area contributed by atoms with Crippen molar-refractivity contribution >= 4 is 34.8 Å². The van der Waals surface area contributed by atoms with Gasteiger partial charge in [0.2, 0.25) is 5.24 Å². The molecular weight excluding hydrogens is 198 g/mol. The van der Waals surface area contributed by atoms with E-state index in [1.807, 2.05) is 0 Å². The van der Waals surface area contributed by atoms with Crippen molar-refractivity contribution in [2.45, 2.75) is 12.8 Å². The standard InChI is InChI=1S/C4H7Cl2O3P/c5-4(7)2-1-3-10(6,8)9/h1-3H2,(H,8,9). The van der Waals surface area contributed by atoms with Crippen molar-refractivity contribution in [1.29, 1.82) is 0 Å². The number of carbonyl (C=O) groups excluding carboxylic acids is 1. The van der Waals surface area contributed by atoms with E-state index in [-0.39, 0.29) is 19.0 Å². The van der Waals surface area contributed by atoms with Crippen molar-refractivity contribution in [3.8, 4) is 0 Å². The predicted molar refractivity (Wildman–Crippen MR) is 40.6 cm³/mol. The highest BCUT2D eigenvalue weighted by molar-refractivity contribution is 7.84. The van der Waals surface area contributed by atoms with Crippen LogP contribution in [0.5, 0.6) is 0 Å². The van der Waals surface area contributed by atoms with Gasteiger partial charge in [-0.3, -0.25) is 9.36 Å². The Labute approximate surface area is 68.6 Å². The van der Waals surface area contributed by atoms with Crippen LogP contribution in [0, 0.1) is 0 Å². The molecule has 0 aromatic carbocycles. The zero-order chi connectivity index (χ0) is 8.20. The molecule has 0 fully saturated rings. The Morgan fingerprint density at radius 1 is 1.60 bits per heavy atom. The first-order chi connectivity index (χ1) is 4.42. The Balaban J connectivity index is 3.39. The molecule has 60 valence electrons. The van der Waals surface area contributed by atoms with Crippen LogP contribution in [0.15, 0.2) is 0 Å². The number of halogens is 2. The van der Waals surface area contributed by atoms with Gasteiger partial charge in [0, 0.05) is 12.6 Å². The van der Waals surface area contributed by atoms with Crippen molar-refractivity contribution in [1.82, 2.24) is 0 Å². The first-order valence-corrected chi connectivity index (χ1v) is 5.74. The highest BCUT2D eigenvalue weighted by atomic mass is 35.7. The molecule has 10 heavy (non-hydrogen) atoms. The predicted octanol–water partition coefficient (Wildman–Crippen LogP) is 1.96. The van der Waals surface area contributed by atoms with Crippen molar-refractivity contribution in [2.75, 3.05) is 6.16 Å². The lowest BCUT2D eigenvalue weighted by atomic mass is 10.4. The van der Waals surface area contributed by atoms with E-state index < -0.39 is 12.0 Å². The summed E-state index contributed by atoms with van der Waals surface area (Å²) in [4.78, 5) is 18.6. The molecule has 6 heteroatoms. The van der Waals surface area contributed by atoms with Crippen molar-refractivity contribution in [2.24, 2.45) is 0 Å². The SMILES string of the molecule is O=C(Cl)CCCP(=O)(O)Cl. The fourth-order valence-corrected chi connectivity index (χ4v) is 1.45. The molecule has 0 spiro atoms. The van der Waals surface area contributed by atoms with Gasteiger partial charge < -0.3 is 4.89 Å². The molecule has 0 aliphatic carbocycles. The summed E-state index contributed by atoms with van der Waals surface area (Å²) in [6.45, 7) is -3.46. The van der Waals surface area contributed by atoms with Gasteiger partial charge in [-0.15, -0.1) is 0 Å². The van der Waals surface area contributed by atoms with E-state index in [2.05, 4.69) is 0 Å². The first kappa shape index (κ1) is 10.4. The Bertz CT molecular complexity index is 164. The average Bonchev–Trinajstić information content (AvgIpc) is 1.59. The van der Waals surface area contributed by atoms with E-state index in [4.69, 9.17) is 27.7 Å². The Morgan fingerprint density at radius 3 is 2.40 bits per heavy atom. The van der Waals surface area contributed by atoms with E-state index in [1.165, 1.54) is 0 Å². The average molecular weight is 205 g/mol. The van der Waals surface area contributed by atoms with E-state index in [1.54, 1.807) is 0 Å².